The van der Waals surface area contributed by atoms with Crippen LogP contribution in [-0.4, -0.2) is 42.5 Å². The molecule has 0 spiro atoms. The van der Waals surface area contributed by atoms with E-state index in [1.165, 1.54) is 20.3 Å². The summed E-state index contributed by atoms with van der Waals surface area (Å²) >= 11 is 0. The molecule has 0 fully saturated rings. The topological polar surface area (TPSA) is 62.6 Å². The number of hydrogen-bond acceptors (Lipinski definition) is 5. The van der Waals surface area contributed by atoms with Gasteiger partial charge in [-0.2, -0.15) is 27.3 Å². The van der Waals surface area contributed by atoms with Crippen LogP contribution in [0.25, 0.3) is 5.69 Å². The van der Waals surface area contributed by atoms with Crippen molar-refractivity contribution in [3.8, 4) is 22.9 Å². The van der Waals surface area contributed by atoms with Gasteiger partial charge in [0.25, 0.3) is 0 Å². The van der Waals surface area contributed by atoms with Crippen molar-refractivity contribution < 1.29 is 40.6 Å². The number of rotatable bonds is 7. The largest absolute Gasteiger partial charge is 0.491 e. The average molecular weight is 398 g/mol. The third-order valence-electron chi connectivity index (χ3n) is 3.30. The van der Waals surface area contributed by atoms with Crippen molar-refractivity contribution in [2.45, 2.75) is 18.5 Å². The first kappa shape index (κ1) is 20.4. The molecule has 0 atom stereocenters. The Kier molecular flexibility index (Phi) is 5.56. The molecule has 0 aliphatic rings. The Morgan fingerprint density at radius 3 is 2.33 bits per heavy atom. The third kappa shape index (κ3) is 3.78. The monoisotopic (exact) mass is 398 g/mol. The molecule has 1 aromatic carbocycles. The van der Waals surface area contributed by atoms with E-state index in [1.807, 2.05) is 0 Å². The molecule has 0 radical (unpaired) electrons. The lowest BCUT2D eigenvalue weighted by Crippen LogP contribution is -2.50. The van der Waals surface area contributed by atoms with Crippen molar-refractivity contribution in [3.63, 3.8) is 0 Å². The summed E-state index contributed by atoms with van der Waals surface area (Å²) in [7, 11) is 2.43. The molecular formula is C15H12F6N2O4. The van der Waals surface area contributed by atoms with Crippen LogP contribution >= 0.6 is 0 Å². The molecule has 2 rings (SSSR count). The van der Waals surface area contributed by atoms with Crippen molar-refractivity contribution >= 4 is 0 Å². The van der Waals surface area contributed by atoms with E-state index in [4.69, 9.17) is 9.47 Å². The molecule has 6 nitrogen and oxygen atoms in total. The molecular weight excluding hydrogens is 386 g/mol. The number of alkyl halides is 6. The van der Waals surface area contributed by atoms with E-state index in [0.717, 1.165) is 24.4 Å². The molecule has 0 aliphatic heterocycles. The Morgan fingerprint density at radius 2 is 1.78 bits per heavy atom. The highest BCUT2D eigenvalue weighted by molar-refractivity contribution is 5.42. The van der Waals surface area contributed by atoms with Crippen LogP contribution in [0.5, 0.6) is 17.2 Å². The minimum atomic E-state index is -5.72. The summed E-state index contributed by atoms with van der Waals surface area (Å²) in [6.45, 7) is 0. The molecule has 0 saturated heterocycles. The van der Waals surface area contributed by atoms with Gasteiger partial charge in [-0.1, -0.05) is 6.07 Å². The molecule has 0 bridgehead atoms. The van der Waals surface area contributed by atoms with Crippen molar-refractivity contribution in [2.24, 2.45) is 0 Å². The Balaban J connectivity index is 2.44. The van der Waals surface area contributed by atoms with Crippen LogP contribution in [0.15, 0.2) is 35.3 Å². The smallest absolute Gasteiger partial charge is 0.470 e. The van der Waals surface area contributed by atoms with E-state index < -0.39 is 29.8 Å². The molecule has 0 saturated carbocycles. The molecule has 12 heteroatoms. The van der Waals surface area contributed by atoms with E-state index in [2.05, 4.69) is 9.84 Å². The van der Waals surface area contributed by atoms with Gasteiger partial charge < -0.3 is 14.2 Å². The van der Waals surface area contributed by atoms with Crippen molar-refractivity contribution in [3.05, 3.63) is 40.8 Å². The zero-order valence-electron chi connectivity index (χ0n) is 13.8. The predicted molar refractivity (Wildman–Crippen MR) is 79.5 cm³/mol. The third-order valence-corrected chi connectivity index (χ3v) is 3.30. The second-order valence-corrected chi connectivity index (χ2v) is 5.00. The summed E-state index contributed by atoms with van der Waals surface area (Å²) in [6.07, 6.45) is -9.05. The Bertz CT molecular complexity index is 872. The zero-order chi connectivity index (χ0) is 20.4. The maximum Gasteiger partial charge on any atom is 0.470 e. The molecule has 27 heavy (non-hydrogen) atoms. The minimum Gasteiger partial charge on any atom is -0.491 e. The van der Waals surface area contributed by atoms with Gasteiger partial charge >= 0.3 is 24.0 Å². The van der Waals surface area contributed by atoms with Gasteiger partial charge in [0, 0.05) is 6.07 Å². The number of ether oxygens (including phenoxy) is 3. The first-order valence-corrected chi connectivity index (χ1v) is 7.08. The number of nitrogens with zero attached hydrogens (tertiary/aromatic N) is 2. The number of hydrogen-bond donors (Lipinski definition) is 0. The highest BCUT2D eigenvalue weighted by Gasteiger charge is 2.66. The van der Waals surface area contributed by atoms with Gasteiger partial charge in [0.2, 0.25) is 5.75 Å². The maximum absolute atomic E-state index is 13.4. The van der Waals surface area contributed by atoms with Gasteiger partial charge in [-0.3, -0.25) is 4.79 Å². The molecule has 0 N–H and O–H groups in total. The van der Waals surface area contributed by atoms with Gasteiger partial charge in [0.1, 0.15) is 5.75 Å². The molecule has 0 unspecified atom stereocenters. The minimum absolute atomic E-state index is 0.00531. The van der Waals surface area contributed by atoms with Crippen LogP contribution in [0.4, 0.5) is 26.3 Å². The Morgan fingerprint density at radius 1 is 1.11 bits per heavy atom. The molecule has 1 aromatic heterocycles. The summed E-state index contributed by atoms with van der Waals surface area (Å²) in [4.78, 5) is 12.3. The van der Waals surface area contributed by atoms with Gasteiger partial charge in [-0.05, 0) is 12.1 Å². The molecule has 2 aromatic rings. The Labute approximate surface area is 147 Å². The Hall–Kier alpha value is -2.92. The van der Waals surface area contributed by atoms with E-state index in [0.29, 0.717) is 4.68 Å². The average Bonchev–Trinajstić information content (AvgIpc) is 2.60. The zero-order valence-corrected chi connectivity index (χ0v) is 13.8. The molecule has 0 aliphatic carbocycles. The second kappa shape index (κ2) is 7.37. The van der Waals surface area contributed by atoms with Crippen LogP contribution in [0, 0.1) is 0 Å². The van der Waals surface area contributed by atoms with Crippen LogP contribution in [-0.2, 0) is 0 Å². The van der Waals surface area contributed by atoms with Gasteiger partial charge in [-0.15, -0.1) is 0 Å². The highest BCUT2D eigenvalue weighted by Crippen LogP contribution is 2.40. The van der Waals surface area contributed by atoms with Gasteiger partial charge in [-0.25, -0.2) is 8.78 Å². The van der Waals surface area contributed by atoms with E-state index >= 15 is 0 Å². The standard InChI is InChI=1S/C15H12F6N2O4/c1-25-10-7-22-23(12(24)11(10)26-2)8-4-3-5-9(6-8)27-15(20,21)14(18,19)13(16)17/h3-7,13H,1-2H3. The lowest BCUT2D eigenvalue weighted by molar-refractivity contribution is -0.342. The predicted octanol–water partition coefficient (Wildman–Crippen LogP) is 3.12. The summed E-state index contributed by atoms with van der Waals surface area (Å²) < 4.78 is 91.3. The summed E-state index contributed by atoms with van der Waals surface area (Å²) in [5.41, 5.74) is -1.02. The summed E-state index contributed by atoms with van der Waals surface area (Å²) in [5, 5.41) is 3.73. The lowest BCUT2D eigenvalue weighted by Gasteiger charge is -2.25. The van der Waals surface area contributed by atoms with Crippen LogP contribution in [0.2, 0.25) is 0 Å². The lowest BCUT2D eigenvalue weighted by atomic mass is 10.3. The summed E-state index contributed by atoms with van der Waals surface area (Å²) in [6, 6.07) is 3.86. The number of benzene rings is 1. The maximum atomic E-state index is 13.4. The fourth-order valence-electron chi connectivity index (χ4n) is 1.96. The number of methoxy groups -OCH3 is 2. The first-order chi connectivity index (χ1) is 12.5. The first-order valence-electron chi connectivity index (χ1n) is 7.08. The highest BCUT2D eigenvalue weighted by atomic mass is 19.3. The van der Waals surface area contributed by atoms with E-state index in [1.54, 1.807) is 0 Å². The van der Waals surface area contributed by atoms with Crippen molar-refractivity contribution in [1.82, 2.24) is 9.78 Å². The SMILES string of the molecule is COc1cnn(-c2cccc(OC(F)(F)C(F)(F)C(F)F)c2)c(=O)c1OC. The van der Waals surface area contributed by atoms with Gasteiger partial charge in [0.15, 0.2) is 5.75 Å². The molecule has 1 heterocycles. The van der Waals surface area contributed by atoms with Gasteiger partial charge in [0.05, 0.1) is 26.1 Å². The van der Waals surface area contributed by atoms with Crippen molar-refractivity contribution in [2.75, 3.05) is 14.2 Å². The van der Waals surface area contributed by atoms with Crippen LogP contribution in [0.3, 0.4) is 0 Å². The van der Waals surface area contributed by atoms with Crippen molar-refractivity contribution in [1.29, 1.82) is 0 Å². The fourth-order valence-corrected chi connectivity index (χ4v) is 1.96. The molecule has 0 amide bonds. The number of halogens is 6. The van der Waals surface area contributed by atoms with E-state index in [-0.39, 0.29) is 17.2 Å². The van der Waals surface area contributed by atoms with Crippen LogP contribution in [0.1, 0.15) is 0 Å². The fraction of sp³-hybridized carbons (Fsp3) is 0.333. The summed E-state index contributed by atoms with van der Waals surface area (Å²) in [5.74, 6) is -6.87. The quantitative estimate of drug-likeness (QED) is 0.671. The normalized spacial score (nSPS) is 12.2. The molecule has 148 valence electrons. The van der Waals surface area contributed by atoms with Crippen LogP contribution < -0.4 is 19.8 Å². The second-order valence-electron chi connectivity index (χ2n) is 5.00. The number of aromatic nitrogens is 2. The van der Waals surface area contributed by atoms with E-state index in [9.17, 15) is 31.1 Å².